The minimum absolute atomic E-state index is 0.117. The Balaban J connectivity index is 3.19. The van der Waals surface area contributed by atoms with Crippen molar-refractivity contribution in [2.45, 2.75) is 30.8 Å². The Kier molecular flexibility index (Phi) is 6.80. The van der Waals surface area contributed by atoms with Gasteiger partial charge >= 0.3 is 20.3 Å². The van der Waals surface area contributed by atoms with Crippen molar-refractivity contribution in [2.75, 3.05) is 6.54 Å². The van der Waals surface area contributed by atoms with Gasteiger partial charge < -0.3 is 35.2 Å². The highest BCUT2D eigenvalue weighted by Gasteiger charge is 2.62. The summed E-state index contributed by atoms with van der Waals surface area (Å²) in [5, 5.41) is 6.23. The van der Waals surface area contributed by atoms with Crippen LogP contribution in [-0.4, -0.2) is 36.3 Å². The Morgan fingerprint density at radius 3 is 1.91 bits per heavy atom. The van der Waals surface area contributed by atoms with Crippen LogP contribution in [0.1, 0.15) is 25.7 Å². The van der Waals surface area contributed by atoms with E-state index in [2.05, 4.69) is 0 Å². The lowest BCUT2D eigenvalue weighted by atomic mass is 10.2. The van der Waals surface area contributed by atoms with Crippen LogP contribution in [0.4, 0.5) is 0 Å². The van der Waals surface area contributed by atoms with Crippen molar-refractivity contribution >= 4 is 15.2 Å². The van der Waals surface area contributed by atoms with Crippen LogP contribution < -0.4 is 10.5 Å². The van der Waals surface area contributed by atoms with Gasteiger partial charge in [-0.3, -0.25) is 9.13 Å². The van der Waals surface area contributed by atoms with Gasteiger partial charge in [-0.25, -0.2) is 0 Å². The van der Waals surface area contributed by atoms with Crippen molar-refractivity contribution in [1.82, 2.24) is 0 Å². The number of aromatic hydroxyl groups is 1. The molecular weight excluding hydrogens is 348 g/mol. The van der Waals surface area contributed by atoms with Crippen LogP contribution in [-0.2, 0) is 9.13 Å². The van der Waals surface area contributed by atoms with E-state index in [1.807, 2.05) is 0 Å². The third kappa shape index (κ3) is 5.02. The minimum Gasteiger partial charge on any atom is -0.508 e. The number of rotatable bonds is 9. The van der Waals surface area contributed by atoms with Gasteiger partial charge in [-0.15, -0.1) is 0 Å². The molecule has 0 aromatic heterocycles. The summed E-state index contributed by atoms with van der Waals surface area (Å²) in [6.45, 7) is 0.359. The number of phenolic OH excluding ortho intramolecular Hbond substituents is 1. The molecule has 0 unspecified atom stereocenters. The van der Waals surface area contributed by atoms with Crippen LogP contribution in [0.15, 0.2) is 24.3 Å². The average molecular weight is 369 g/mol. The molecule has 0 atom stereocenters. The van der Waals surface area contributed by atoms with Gasteiger partial charge in [0.25, 0.3) is 0 Å². The van der Waals surface area contributed by atoms with Crippen molar-refractivity contribution in [3.63, 3.8) is 0 Å². The van der Waals surface area contributed by atoms with Gasteiger partial charge in [0.1, 0.15) is 11.5 Å². The maximum absolute atomic E-state index is 11.8. The number of unbranched alkanes of at least 4 members (excludes halogenated alkanes) is 2. The second kappa shape index (κ2) is 7.77. The highest BCUT2D eigenvalue weighted by molar-refractivity contribution is 7.72. The first-order valence-corrected chi connectivity index (χ1v) is 10.1. The lowest BCUT2D eigenvalue weighted by molar-refractivity contribution is 0.141. The summed E-state index contributed by atoms with van der Waals surface area (Å²) in [5.74, 6) is -0.300. The Morgan fingerprint density at radius 1 is 0.957 bits per heavy atom. The zero-order chi connectivity index (χ0) is 17.7. The second-order valence-electron chi connectivity index (χ2n) is 5.03. The smallest absolute Gasteiger partial charge is 0.381 e. The summed E-state index contributed by atoms with van der Waals surface area (Å²) >= 11 is 0. The quantitative estimate of drug-likeness (QED) is 0.277. The summed E-state index contributed by atoms with van der Waals surface area (Å²) in [7, 11) is -10.7. The van der Waals surface area contributed by atoms with E-state index < -0.39 is 26.7 Å². The first kappa shape index (κ1) is 20.1. The molecule has 0 saturated carbocycles. The number of phenols is 1. The van der Waals surface area contributed by atoms with Crippen molar-refractivity contribution in [3.05, 3.63) is 24.3 Å². The topological polar surface area (TPSA) is 171 Å². The van der Waals surface area contributed by atoms with Gasteiger partial charge in [0, 0.05) is 6.42 Å². The summed E-state index contributed by atoms with van der Waals surface area (Å²) < 4.78 is 28.8. The van der Waals surface area contributed by atoms with E-state index in [4.69, 9.17) is 10.5 Å². The molecule has 1 aromatic rings. The van der Waals surface area contributed by atoms with E-state index in [0.717, 1.165) is 12.1 Å². The Morgan fingerprint density at radius 2 is 1.48 bits per heavy atom. The summed E-state index contributed by atoms with van der Waals surface area (Å²) in [6, 6.07) is 4.67. The predicted molar refractivity (Wildman–Crippen MR) is 83.1 cm³/mol. The first-order chi connectivity index (χ1) is 10.5. The Bertz CT molecular complexity index is 572. The summed E-state index contributed by atoms with van der Waals surface area (Å²) in [5.41, 5.74) is 5.33. The number of hydrogen-bond acceptors (Lipinski definition) is 5. The second-order valence-corrected chi connectivity index (χ2v) is 9.00. The Labute approximate surface area is 133 Å². The SMILES string of the molecule is NCCCCCC(Oc1ccc(O)cc1)(P(=O)(O)O)P(=O)(O)O. The largest absolute Gasteiger partial charge is 0.508 e. The molecule has 11 heteroatoms. The standard InChI is InChI=1S/C12H21NO8P2/c13-9-3-1-2-8-12(22(15,16)17,23(18,19)20)21-11-6-4-10(14)5-7-11/h4-7,14H,1-3,8-9,13H2,(H2,15,16,17)(H2,18,19,20). The van der Waals surface area contributed by atoms with Crippen LogP contribution in [0.25, 0.3) is 0 Å². The molecule has 0 aliphatic rings. The molecule has 7 N–H and O–H groups in total. The fraction of sp³-hybridized carbons (Fsp3) is 0.500. The number of nitrogens with two attached hydrogens (primary N) is 1. The van der Waals surface area contributed by atoms with E-state index in [-0.39, 0.29) is 17.9 Å². The maximum atomic E-state index is 11.8. The fourth-order valence-electron chi connectivity index (χ4n) is 2.01. The molecule has 0 saturated heterocycles. The molecule has 132 valence electrons. The molecule has 0 aliphatic heterocycles. The highest BCUT2D eigenvalue weighted by atomic mass is 31.2. The van der Waals surface area contributed by atoms with Crippen LogP contribution in [0.2, 0.25) is 0 Å². The van der Waals surface area contributed by atoms with E-state index in [1.165, 1.54) is 12.1 Å². The monoisotopic (exact) mass is 369 g/mol. The molecule has 0 amide bonds. The average Bonchev–Trinajstić information content (AvgIpc) is 2.41. The lowest BCUT2D eigenvalue weighted by Gasteiger charge is -2.34. The van der Waals surface area contributed by atoms with Gasteiger partial charge in [-0.1, -0.05) is 6.42 Å². The normalized spacial score (nSPS) is 13.1. The van der Waals surface area contributed by atoms with Gasteiger partial charge in [0.05, 0.1) is 0 Å². The molecule has 0 radical (unpaired) electrons. The van der Waals surface area contributed by atoms with Crippen molar-refractivity contribution < 1.29 is 38.5 Å². The Hall–Kier alpha value is -0.920. The molecule has 9 nitrogen and oxygen atoms in total. The van der Waals surface area contributed by atoms with Crippen molar-refractivity contribution in [1.29, 1.82) is 0 Å². The van der Waals surface area contributed by atoms with Crippen molar-refractivity contribution in [3.8, 4) is 11.5 Å². The maximum Gasteiger partial charge on any atom is 0.381 e. The molecule has 0 fully saturated rings. The summed E-state index contributed by atoms with van der Waals surface area (Å²) in [6.07, 6.45) is 0.572. The zero-order valence-electron chi connectivity index (χ0n) is 12.3. The first-order valence-electron chi connectivity index (χ1n) is 6.83. The summed E-state index contributed by atoms with van der Waals surface area (Å²) in [4.78, 5) is 38.2. The highest BCUT2D eigenvalue weighted by Crippen LogP contribution is 2.71. The molecule has 23 heavy (non-hydrogen) atoms. The van der Waals surface area contributed by atoms with Gasteiger partial charge in [0.15, 0.2) is 0 Å². The minimum atomic E-state index is -5.33. The number of benzene rings is 1. The molecule has 1 rings (SSSR count). The molecule has 0 bridgehead atoms. The van der Waals surface area contributed by atoms with E-state index in [1.54, 1.807) is 0 Å². The van der Waals surface area contributed by atoms with Crippen LogP contribution in [0.5, 0.6) is 11.5 Å². The van der Waals surface area contributed by atoms with Gasteiger partial charge in [0.2, 0.25) is 0 Å². The third-order valence-corrected chi connectivity index (χ3v) is 7.25. The van der Waals surface area contributed by atoms with Crippen LogP contribution >= 0.6 is 15.2 Å². The van der Waals surface area contributed by atoms with E-state index in [9.17, 15) is 33.8 Å². The molecular formula is C12H21NO8P2. The number of hydrogen-bond donors (Lipinski definition) is 6. The van der Waals surface area contributed by atoms with Crippen LogP contribution in [0.3, 0.4) is 0 Å². The zero-order valence-corrected chi connectivity index (χ0v) is 14.1. The van der Waals surface area contributed by atoms with Crippen LogP contribution in [0, 0.1) is 0 Å². The van der Waals surface area contributed by atoms with Gasteiger partial charge in [-0.2, -0.15) is 0 Å². The molecule has 0 heterocycles. The van der Waals surface area contributed by atoms with Crippen molar-refractivity contribution in [2.24, 2.45) is 5.73 Å². The van der Waals surface area contributed by atoms with E-state index in [0.29, 0.717) is 19.4 Å². The van der Waals surface area contributed by atoms with Gasteiger partial charge in [-0.05, 0) is 43.7 Å². The molecule has 1 aromatic carbocycles. The lowest BCUT2D eigenvalue weighted by Crippen LogP contribution is -2.36. The number of ether oxygens (including phenoxy) is 1. The molecule has 0 aliphatic carbocycles. The fourth-order valence-corrected chi connectivity index (χ4v) is 4.72. The van der Waals surface area contributed by atoms with E-state index >= 15 is 0 Å². The molecule has 0 spiro atoms. The third-order valence-electron chi connectivity index (χ3n) is 3.23. The predicted octanol–water partition coefficient (Wildman–Crippen LogP) is 1.30.